The van der Waals surface area contributed by atoms with Crippen LogP contribution in [0.1, 0.15) is 11.1 Å². The first-order chi connectivity index (χ1) is 11.9. The number of carboxylic acids is 1. The standard InChI is InChI=1S/C17H14BrNO6/c1-24-15-8-11(13(18)9-16(15)25-2)12(17(20)21)7-10-5-3-4-6-14(10)19(22)23/h3-9H,1-2H3,(H,20,21)/p-1/b12-7+. The summed E-state index contributed by atoms with van der Waals surface area (Å²) in [6, 6.07) is 8.83. The molecular weight excluding hydrogens is 394 g/mol. The number of nitrogens with zero attached hydrogens (tertiary/aromatic N) is 1. The van der Waals surface area contributed by atoms with Crippen LogP contribution in [-0.4, -0.2) is 25.1 Å². The van der Waals surface area contributed by atoms with E-state index in [-0.39, 0.29) is 22.4 Å². The number of hydrogen-bond acceptors (Lipinski definition) is 6. The van der Waals surface area contributed by atoms with Crippen molar-refractivity contribution in [1.29, 1.82) is 0 Å². The van der Waals surface area contributed by atoms with E-state index in [9.17, 15) is 20.0 Å². The predicted molar refractivity (Wildman–Crippen MR) is 93.2 cm³/mol. The van der Waals surface area contributed by atoms with E-state index in [1.807, 2.05) is 0 Å². The van der Waals surface area contributed by atoms with Crippen molar-refractivity contribution in [2.45, 2.75) is 0 Å². The third-order valence-corrected chi connectivity index (χ3v) is 4.07. The minimum absolute atomic E-state index is 0.147. The number of carbonyl (C=O) groups excluding carboxylic acids is 1. The number of benzene rings is 2. The van der Waals surface area contributed by atoms with Crippen molar-refractivity contribution >= 4 is 39.2 Å². The molecule has 130 valence electrons. The van der Waals surface area contributed by atoms with E-state index in [0.717, 1.165) is 0 Å². The molecule has 0 amide bonds. The molecule has 2 aromatic rings. The Bertz CT molecular complexity index is 862. The van der Waals surface area contributed by atoms with Crippen LogP contribution in [-0.2, 0) is 4.79 Å². The van der Waals surface area contributed by atoms with Crippen LogP contribution in [0.15, 0.2) is 40.9 Å². The van der Waals surface area contributed by atoms with E-state index in [1.54, 1.807) is 12.1 Å². The SMILES string of the molecule is COc1cc(Br)c(/C(=C\c2ccccc2[N+](=O)[O-])C(=O)[O-])cc1OC. The Morgan fingerprint density at radius 3 is 2.32 bits per heavy atom. The molecule has 0 aliphatic carbocycles. The molecule has 0 heterocycles. The average molecular weight is 407 g/mol. The number of aliphatic carboxylic acids is 1. The topological polar surface area (TPSA) is 102 Å². The summed E-state index contributed by atoms with van der Waals surface area (Å²) in [7, 11) is 2.87. The number of nitro groups is 1. The first kappa shape index (κ1) is 18.5. The molecule has 25 heavy (non-hydrogen) atoms. The van der Waals surface area contributed by atoms with Crippen molar-refractivity contribution in [3.63, 3.8) is 0 Å². The van der Waals surface area contributed by atoms with Crippen LogP contribution >= 0.6 is 15.9 Å². The van der Waals surface area contributed by atoms with Gasteiger partial charge in [0.25, 0.3) is 5.69 Å². The number of methoxy groups -OCH3 is 2. The summed E-state index contributed by atoms with van der Waals surface area (Å²) in [5, 5.41) is 22.8. The van der Waals surface area contributed by atoms with E-state index in [1.165, 1.54) is 44.6 Å². The lowest BCUT2D eigenvalue weighted by molar-refractivity contribution is -0.385. The van der Waals surface area contributed by atoms with Crippen molar-refractivity contribution in [2.75, 3.05) is 14.2 Å². The molecule has 0 saturated carbocycles. The lowest BCUT2D eigenvalue weighted by Gasteiger charge is -2.15. The van der Waals surface area contributed by atoms with Gasteiger partial charge in [-0.25, -0.2) is 0 Å². The molecule has 0 bridgehead atoms. The number of hydrogen-bond donors (Lipinski definition) is 0. The smallest absolute Gasteiger partial charge is 0.276 e. The number of para-hydroxylation sites is 1. The Kier molecular flexibility index (Phi) is 5.76. The lowest BCUT2D eigenvalue weighted by atomic mass is 10.0. The Labute approximate surface area is 151 Å². The van der Waals surface area contributed by atoms with Gasteiger partial charge in [-0.15, -0.1) is 0 Å². The number of carboxylic acid groups (broad SMARTS) is 1. The third kappa shape index (κ3) is 3.97. The zero-order valence-electron chi connectivity index (χ0n) is 13.3. The van der Waals surface area contributed by atoms with Gasteiger partial charge >= 0.3 is 0 Å². The van der Waals surface area contributed by atoms with Crippen LogP contribution in [0.4, 0.5) is 5.69 Å². The van der Waals surface area contributed by atoms with Gasteiger partial charge in [-0.1, -0.05) is 28.1 Å². The highest BCUT2D eigenvalue weighted by molar-refractivity contribution is 9.10. The minimum atomic E-state index is -1.48. The van der Waals surface area contributed by atoms with Gasteiger partial charge in [-0.2, -0.15) is 0 Å². The molecule has 0 unspecified atom stereocenters. The monoisotopic (exact) mass is 406 g/mol. The van der Waals surface area contributed by atoms with Gasteiger partial charge < -0.3 is 19.4 Å². The Balaban J connectivity index is 2.68. The maximum atomic E-state index is 11.6. The highest BCUT2D eigenvalue weighted by atomic mass is 79.9. The highest BCUT2D eigenvalue weighted by Gasteiger charge is 2.16. The van der Waals surface area contributed by atoms with E-state index in [2.05, 4.69) is 15.9 Å². The summed E-state index contributed by atoms with van der Waals surface area (Å²) in [5.41, 5.74) is -0.0517. The molecule has 8 heteroatoms. The van der Waals surface area contributed by atoms with Crippen molar-refractivity contribution in [2.24, 2.45) is 0 Å². The van der Waals surface area contributed by atoms with Gasteiger partial charge in [-0.05, 0) is 24.3 Å². The van der Waals surface area contributed by atoms with Gasteiger partial charge in [-0.3, -0.25) is 10.1 Å². The van der Waals surface area contributed by atoms with Gasteiger partial charge in [0.05, 0.1) is 30.7 Å². The van der Waals surface area contributed by atoms with Crippen molar-refractivity contribution in [3.8, 4) is 11.5 Å². The maximum absolute atomic E-state index is 11.6. The maximum Gasteiger partial charge on any atom is 0.276 e. The summed E-state index contributed by atoms with van der Waals surface area (Å²) in [4.78, 5) is 22.2. The van der Waals surface area contributed by atoms with Crippen molar-refractivity contribution < 1.29 is 24.3 Å². The van der Waals surface area contributed by atoms with Gasteiger partial charge in [0.15, 0.2) is 11.5 Å². The normalized spacial score (nSPS) is 11.1. The second kappa shape index (κ2) is 7.80. The highest BCUT2D eigenvalue weighted by Crippen LogP contribution is 2.37. The average Bonchev–Trinajstić information content (AvgIpc) is 2.59. The summed E-state index contributed by atoms with van der Waals surface area (Å²) >= 11 is 3.28. The number of rotatable bonds is 6. The number of halogens is 1. The minimum Gasteiger partial charge on any atom is -0.545 e. The summed E-state index contributed by atoms with van der Waals surface area (Å²) in [5.74, 6) is -0.761. The number of carbonyl (C=O) groups is 1. The Hall–Kier alpha value is -2.87. The second-order valence-corrected chi connectivity index (χ2v) is 5.70. The van der Waals surface area contributed by atoms with Crippen LogP contribution in [0.25, 0.3) is 11.6 Å². The largest absolute Gasteiger partial charge is 0.545 e. The lowest BCUT2D eigenvalue weighted by Crippen LogP contribution is -2.23. The van der Waals surface area contributed by atoms with Crippen molar-refractivity contribution in [1.82, 2.24) is 0 Å². The van der Waals surface area contributed by atoms with Crippen LogP contribution in [0.5, 0.6) is 11.5 Å². The molecule has 0 aliphatic heterocycles. The molecule has 0 aromatic heterocycles. The van der Waals surface area contributed by atoms with Crippen molar-refractivity contribution in [3.05, 3.63) is 62.1 Å². The van der Waals surface area contributed by atoms with Crippen LogP contribution in [0.3, 0.4) is 0 Å². The quantitative estimate of drug-likeness (QED) is 0.316. The van der Waals surface area contributed by atoms with Crippen LogP contribution < -0.4 is 14.6 Å². The number of nitro benzene ring substituents is 1. The molecule has 2 aromatic carbocycles. The predicted octanol–water partition coefficient (Wildman–Crippen LogP) is 2.67. The Morgan fingerprint density at radius 2 is 1.76 bits per heavy atom. The molecule has 0 saturated heterocycles. The molecule has 0 N–H and O–H groups in total. The van der Waals surface area contributed by atoms with E-state index in [0.29, 0.717) is 16.0 Å². The molecular formula is C17H13BrNO6-. The fourth-order valence-electron chi connectivity index (χ4n) is 2.24. The molecule has 0 atom stereocenters. The molecule has 0 fully saturated rings. The summed E-state index contributed by atoms with van der Waals surface area (Å²) in [6.07, 6.45) is 1.19. The fraction of sp³-hybridized carbons (Fsp3) is 0.118. The first-order valence-electron chi connectivity index (χ1n) is 6.97. The molecule has 7 nitrogen and oxygen atoms in total. The molecule has 2 rings (SSSR count). The number of ether oxygens (including phenoxy) is 2. The molecule has 0 spiro atoms. The van der Waals surface area contributed by atoms with E-state index >= 15 is 0 Å². The Morgan fingerprint density at radius 1 is 1.16 bits per heavy atom. The molecule has 0 radical (unpaired) electrons. The van der Waals surface area contributed by atoms with Crippen LogP contribution in [0.2, 0.25) is 0 Å². The fourth-order valence-corrected chi connectivity index (χ4v) is 2.77. The van der Waals surface area contributed by atoms with Gasteiger partial charge in [0.1, 0.15) is 0 Å². The summed E-state index contributed by atoms with van der Waals surface area (Å²) in [6.45, 7) is 0. The molecule has 0 aliphatic rings. The zero-order valence-corrected chi connectivity index (χ0v) is 14.9. The second-order valence-electron chi connectivity index (χ2n) is 4.85. The zero-order chi connectivity index (χ0) is 18.6. The summed E-state index contributed by atoms with van der Waals surface area (Å²) < 4.78 is 10.7. The first-order valence-corrected chi connectivity index (χ1v) is 7.76. The van der Waals surface area contributed by atoms with E-state index < -0.39 is 10.9 Å². The van der Waals surface area contributed by atoms with E-state index in [4.69, 9.17) is 9.47 Å². The van der Waals surface area contributed by atoms with Gasteiger partial charge in [0, 0.05) is 21.7 Å². The third-order valence-electron chi connectivity index (χ3n) is 3.42. The van der Waals surface area contributed by atoms with Crippen LogP contribution in [0, 0.1) is 10.1 Å². The van der Waals surface area contributed by atoms with Gasteiger partial charge in [0.2, 0.25) is 0 Å².